The minimum absolute atomic E-state index is 0.0750. The number of rotatable bonds is 5. The van der Waals surface area contributed by atoms with Crippen LogP contribution in [-0.2, 0) is 19.8 Å². The molecule has 2 amide bonds. The van der Waals surface area contributed by atoms with Crippen molar-refractivity contribution in [1.29, 1.82) is 0 Å². The number of urea groups is 1. The van der Waals surface area contributed by atoms with Gasteiger partial charge in [0.2, 0.25) is 0 Å². The zero-order chi connectivity index (χ0) is 28.6. The molecule has 0 bridgehead atoms. The van der Waals surface area contributed by atoms with Gasteiger partial charge in [-0.2, -0.15) is 18.3 Å². The second-order valence-corrected chi connectivity index (χ2v) is 10.3. The van der Waals surface area contributed by atoms with Crippen LogP contribution >= 0.6 is 0 Å². The van der Waals surface area contributed by atoms with Crippen LogP contribution in [0.2, 0.25) is 0 Å². The normalized spacial score (nSPS) is 15.0. The molecule has 5 rings (SSSR count). The van der Waals surface area contributed by atoms with Gasteiger partial charge in [0.25, 0.3) is 0 Å². The van der Waals surface area contributed by atoms with Gasteiger partial charge in [-0.05, 0) is 61.9 Å². The maximum atomic E-state index is 13.9. The molecular weight excluding hydrogens is 519 g/mol. The number of nitrogens with one attached hydrogen (secondary N) is 2. The van der Waals surface area contributed by atoms with Gasteiger partial charge in [0.05, 0.1) is 23.0 Å². The number of aromatic nitrogens is 3. The third kappa shape index (κ3) is 5.80. The van der Waals surface area contributed by atoms with Crippen LogP contribution in [0.3, 0.4) is 0 Å². The van der Waals surface area contributed by atoms with E-state index in [1.165, 1.54) is 12.1 Å². The summed E-state index contributed by atoms with van der Waals surface area (Å²) >= 11 is 0. The van der Waals surface area contributed by atoms with E-state index in [0.29, 0.717) is 18.8 Å². The zero-order valence-corrected chi connectivity index (χ0v) is 22.9. The second kappa shape index (κ2) is 10.9. The third-order valence-electron chi connectivity index (χ3n) is 7.38. The Bertz CT molecular complexity index is 1560. The van der Waals surface area contributed by atoms with Crippen LogP contribution in [0.25, 0.3) is 22.0 Å². The average molecular weight is 552 g/mol. The Labute approximate surface area is 230 Å². The first-order valence-electron chi connectivity index (χ1n) is 13.1. The zero-order valence-electron chi connectivity index (χ0n) is 22.9. The van der Waals surface area contributed by atoms with E-state index in [-0.39, 0.29) is 17.8 Å². The van der Waals surface area contributed by atoms with Gasteiger partial charge >= 0.3 is 12.2 Å². The highest BCUT2D eigenvalue weighted by Gasteiger charge is 2.34. The smallest absolute Gasteiger partial charge is 0.308 e. The van der Waals surface area contributed by atoms with Crippen LogP contribution in [0.5, 0.6) is 0 Å². The fourth-order valence-electron chi connectivity index (χ4n) is 5.18. The number of carbonyl (C=O) groups is 1. The summed E-state index contributed by atoms with van der Waals surface area (Å²) < 4.78 is 43.5. The number of nitrogens with zero attached hydrogens (tertiary/aromatic N) is 5. The monoisotopic (exact) mass is 551 g/mol. The van der Waals surface area contributed by atoms with Gasteiger partial charge in [0.15, 0.2) is 0 Å². The van der Waals surface area contributed by atoms with Crippen molar-refractivity contribution in [2.45, 2.75) is 26.6 Å². The number of amides is 2. The van der Waals surface area contributed by atoms with Gasteiger partial charge in [0.1, 0.15) is 0 Å². The van der Waals surface area contributed by atoms with Crippen molar-refractivity contribution in [3.8, 4) is 11.1 Å². The molecule has 40 heavy (non-hydrogen) atoms. The molecular formula is C29H32F3N7O. The largest absolute Gasteiger partial charge is 0.416 e. The molecule has 0 spiro atoms. The lowest BCUT2D eigenvalue weighted by molar-refractivity contribution is -0.138. The van der Waals surface area contributed by atoms with Crippen LogP contribution in [0.4, 0.5) is 29.3 Å². The molecule has 3 heterocycles. The predicted octanol–water partition coefficient (Wildman–Crippen LogP) is 5.66. The molecule has 0 saturated carbocycles. The quantitative estimate of drug-likeness (QED) is 0.335. The summed E-state index contributed by atoms with van der Waals surface area (Å²) in [5, 5.41) is 10.8. The standard InChI is InChI=1S/C29H32F3N7O/c1-18-13-20(23-15-33-16-26-27(23)19(2)36-38(26)4)6-8-25(18)35-28(40)34-22-7-5-21(24(14-22)29(30,31)32)17-39-11-9-37(3)10-12-39/h5-8,13-16H,9-12,17H2,1-4H3,(H2,34,35,40). The molecule has 11 heteroatoms. The molecule has 4 aromatic rings. The van der Waals surface area contributed by atoms with Crippen LogP contribution < -0.4 is 10.6 Å². The number of alkyl halides is 3. The van der Waals surface area contributed by atoms with E-state index in [2.05, 4.69) is 25.6 Å². The lowest BCUT2D eigenvalue weighted by Crippen LogP contribution is -2.44. The first-order chi connectivity index (χ1) is 19.0. The highest BCUT2D eigenvalue weighted by molar-refractivity contribution is 6.01. The lowest BCUT2D eigenvalue weighted by atomic mass is 10.00. The summed E-state index contributed by atoms with van der Waals surface area (Å²) in [5.74, 6) is 0. The number of benzene rings is 2. The molecule has 1 fully saturated rings. The molecule has 8 nitrogen and oxygen atoms in total. The number of halogens is 3. The van der Waals surface area contributed by atoms with Crippen LogP contribution in [0.1, 0.15) is 22.4 Å². The summed E-state index contributed by atoms with van der Waals surface area (Å²) in [6.07, 6.45) is -0.973. The minimum Gasteiger partial charge on any atom is -0.308 e. The van der Waals surface area contributed by atoms with E-state index < -0.39 is 17.8 Å². The molecule has 0 aliphatic carbocycles. The van der Waals surface area contributed by atoms with Crippen LogP contribution in [0.15, 0.2) is 48.8 Å². The van der Waals surface area contributed by atoms with Gasteiger partial charge < -0.3 is 15.5 Å². The Morgan fingerprint density at radius 1 is 0.975 bits per heavy atom. The molecule has 2 aromatic heterocycles. The number of likely N-dealkylation sites (N-methyl/N-ethyl adjacent to an activating group) is 1. The maximum absolute atomic E-state index is 13.9. The van der Waals surface area contributed by atoms with E-state index in [1.54, 1.807) is 23.1 Å². The fraction of sp³-hybridized carbons (Fsp3) is 0.345. The third-order valence-corrected chi connectivity index (χ3v) is 7.38. The van der Waals surface area contributed by atoms with E-state index in [1.807, 2.05) is 45.0 Å². The van der Waals surface area contributed by atoms with Crippen molar-refractivity contribution in [3.05, 3.63) is 71.2 Å². The van der Waals surface area contributed by atoms with E-state index in [9.17, 15) is 18.0 Å². The Morgan fingerprint density at radius 2 is 1.73 bits per heavy atom. The summed E-state index contributed by atoms with van der Waals surface area (Å²) in [6, 6.07) is 8.93. The number of hydrogen-bond acceptors (Lipinski definition) is 5. The van der Waals surface area contributed by atoms with Crippen LogP contribution in [0, 0.1) is 13.8 Å². The first kappa shape index (κ1) is 27.6. The molecule has 2 N–H and O–H groups in total. The van der Waals surface area contributed by atoms with E-state index in [4.69, 9.17) is 0 Å². The van der Waals surface area contributed by atoms with Gasteiger partial charge in [-0.3, -0.25) is 14.6 Å². The van der Waals surface area contributed by atoms with Crippen molar-refractivity contribution in [2.75, 3.05) is 43.9 Å². The molecule has 0 atom stereocenters. The average Bonchev–Trinajstić information content (AvgIpc) is 3.20. The predicted molar refractivity (Wildman–Crippen MR) is 150 cm³/mol. The Hall–Kier alpha value is -3.96. The van der Waals surface area contributed by atoms with Crippen molar-refractivity contribution in [3.63, 3.8) is 0 Å². The molecule has 1 aliphatic heterocycles. The van der Waals surface area contributed by atoms with Gasteiger partial charge in [-0.25, -0.2) is 4.79 Å². The topological polar surface area (TPSA) is 78.3 Å². The number of hydrogen-bond donors (Lipinski definition) is 2. The number of aryl methyl sites for hydroxylation is 3. The van der Waals surface area contributed by atoms with Crippen molar-refractivity contribution >= 4 is 28.3 Å². The van der Waals surface area contributed by atoms with E-state index >= 15 is 0 Å². The number of carbonyl (C=O) groups excluding carboxylic acids is 1. The van der Waals surface area contributed by atoms with Crippen molar-refractivity contribution < 1.29 is 18.0 Å². The van der Waals surface area contributed by atoms with Gasteiger partial charge in [-0.15, -0.1) is 0 Å². The number of pyridine rings is 1. The molecule has 1 aliphatic rings. The van der Waals surface area contributed by atoms with E-state index in [0.717, 1.165) is 52.4 Å². The number of anilines is 2. The second-order valence-electron chi connectivity index (χ2n) is 10.3. The lowest BCUT2D eigenvalue weighted by Gasteiger charge is -2.33. The number of fused-ring (bicyclic) bond motifs is 1. The Kier molecular flexibility index (Phi) is 7.52. The SMILES string of the molecule is Cc1cc(-c2cncc3c2c(C)nn3C)ccc1NC(=O)Nc1ccc(CN2CCN(C)CC2)c(C(F)(F)F)c1. The summed E-state index contributed by atoms with van der Waals surface area (Å²) in [7, 11) is 3.87. The van der Waals surface area contributed by atoms with Crippen LogP contribution in [-0.4, -0.2) is 63.8 Å². The maximum Gasteiger partial charge on any atom is 0.416 e. The van der Waals surface area contributed by atoms with Gasteiger partial charge in [-0.1, -0.05) is 12.1 Å². The van der Waals surface area contributed by atoms with Gasteiger partial charge in [0, 0.05) is 68.3 Å². The Morgan fingerprint density at radius 3 is 2.42 bits per heavy atom. The molecule has 0 radical (unpaired) electrons. The molecule has 0 unspecified atom stereocenters. The molecule has 210 valence electrons. The van der Waals surface area contributed by atoms with Crippen molar-refractivity contribution in [1.82, 2.24) is 24.6 Å². The fourth-order valence-corrected chi connectivity index (χ4v) is 5.18. The molecule has 2 aromatic carbocycles. The first-order valence-corrected chi connectivity index (χ1v) is 13.1. The van der Waals surface area contributed by atoms with Crippen molar-refractivity contribution in [2.24, 2.45) is 7.05 Å². The highest BCUT2D eigenvalue weighted by atomic mass is 19.4. The summed E-state index contributed by atoms with van der Waals surface area (Å²) in [5.41, 5.74) is 4.54. The molecule has 1 saturated heterocycles. The summed E-state index contributed by atoms with van der Waals surface area (Å²) in [6.45, 7) is 7.07. The Balaban J connectivity index is 1.31. The number of piperazine rings is 1. The summed E-state index contributed by atoms with van der Waals surface area (Å²) in [4.78, 5) is 21.3. The minimum atomic E-state index is -4.53. The highest BCUT2D eigenvalue weighted by Crippen LogP contribution is 2.35.